The number of hydrogen-bond acceptors (Lipinski definition) is 3. The maximum Gasteiger partial charge on any atom is 0.266 e. The summed E-state index contributed by atoms with van der Waals surface area (Å²) in [6.45, 7) is 0. The van der Waals surface area contributed by atoms with Crippen molar-refractivity contribution in [1.29, 1.82) is 0 Å². The number of hydrogen-bond donors (Lipinski definition) is 0. The molecule has 0 aliphatic rings. The minimum Gasteiger partial charge on any atom is -0.268 e. The van der Waals surface area contributed by atoms with Gasteiger partial charge in [0, 0.05) is 10.8 Å². The number of benzene rings is 3. The van der Waals surface area contributed by atoms with Crippen LogP contribution in [0.25, 0.3) is 22.7 Å². The van der Waals surface area contributed by atoms with Gasteiger partial charge >= 0.3 is 0 Å². The van der Waals surface area contributed by atoms with Gasteiger partial charge in [-0.2, -0.15) is 0 Å². The molecule has 1 aromatic heterocycles. The van der Waals surface area contributed by atoms with E-state index in [1.165, 1.54) is 11.8 Å². The van der Waals surface area contributed by atoms with Gasteiger partial charge in [-0.05, 0) is 42.0 Å². The van der Waals surface area contributed by atoms with Gasteiger partial charge in [0.15, 0.2) is 5.16 Å². The fourth-order valence-corrected chi connectivity index (χ4v) is 3.85. The molecule has 4 rings (SSSR count). The van der Waals surface area contributed by atoms with Crippen LogP contribution in [0.4, 0.5) is 0 Å². The number of aromatic nitrogens is 2. The quantitative estimate of drug-likeness (QED) is 0.309. The third-order valence-corrected chi connectivity index (χ3v) is 5.39. The molecule has 0 N–H and O–H groups in total. The lowest BCUT2D eigenvalue weighted by molar-refractivity contribution is 0.821. The number of halogens is 1. The zero-order valence-electron chi connectivity index (χ0n) is 15.0. The minimum absolute atomic E-state index is 0.0811. The molecule has 0 saturated carbocycles. The monoisotopic (exact) mass is 404 g/mol. The smallest absolute Gasteiger partial charge is 0.266 e. The molecule has 0 aliphatic heterocycles. The molecule has 0 bridgehead atoms. The van der Waals surface area contributed by atoms with E-state index < -0.39 is 0 Å². The van der Waals surface area contributed by atoms with Crippen LogP contribution in [0.2, 0.25) is 5.02 Å². The molecule has 0 saturated heterocycles. The molecular formula is C23H17ClN2OS. The molecule has 138 valence electrons. The molecule has 3 aromatic carbocycles. The first kappa shape index (κ1) is 18.5. The Bertz CT molecular complexity index is 1180. The van der Waals surface area contributed by atoms with E-state index in [4.69, 9.17) is 16.6 Å². The maximum atomic E-state index is 13.1. The van der Waals surface area contributed by atoms with Gasteiger partial charge in [0.2, 0.25) is 0 Å². The van der Waals surface area contributed by atoms with E-state index in [1.807, 2.05) is 48.5 Å². The van der Waals surface area contributed by atoms with Crippen molar-refractivity contribution < 1.29 is 0 Å². The molecule has 0 amide bonds. The minimum atomic E-state index is -0.0811. The molecule has 5 heteroatoms. The van der Waals surface area contributed by atoms with Crippen molar-refractivity contribution in [3.63, 3.8) is 0 Å². The lowest BCUT2D eigenvalue weighted by Gasteiger charge is -2.12. The van der Waals surface area contributed by atoms with Gasteiger partial charge in [-0.25, -0.2) is 4.98 Å². The third kappa shape index (κ3) is 4.03. The van der Waals surface area contributed by atoms with Crippen LogP contribution < -0.4 is 5.56 Å². The summed E-state index contributed by atoms with van der Waals surface area (Å²) in [5.74, 6) is 0.702. The van der Waals surface area contributed by atoms with Gasteiger partial charge in [0.25, 0.3) is 5.56 Å². The van der Waals surface area contributed by atoms with Crippen LogP contribution in [-0.4, -0.2) is 15.3 Å². The molecule has 0 aliphatic carbocycles. The van der Waals surface area contributed by atoms with Crippen LogP contribution in [0.15, 0.2) is 94.9 Å². The molecule has 0 spiro atoms. The molecule has 1 heterocycles. The summed E-state index contributed by atoms with van der Waals surface area (Å²) in [5, 5.41) is 1.89. The molecule has 0 radical (unpaired) electrons. The second-order valence-corrected chi connectivity index (χ2v) is 7.58. The van der Waals surface area contributed by atoms with E-state index >= 15 is 0 Å². The Balaban J connectivity index is 1.71. The van der Waals surface area contributed by atoms with Crippen LogP contribution in [0.3, 0.4) is 0 Å². The van der Waals surface area contributed by atoms with Crippen molar-refractivity contribution >= 4 is 40.3 Å². The lowest BCUT2D eigenvalue weighted by atomic mass is 10.2. The van der Waals surface area contributed by atoms with Gasteiger partial charge < -0.3 is 0 Å². The van der Waals surface area contributed by atoms with Gasteiger partial charge in [-0.15, -0.1) is 0 Å². The number of thioether (sulfide) groups is 1. The van der Waals surface area contributed by atoms with Crippen molar-refractivity contribution in [2.75, 3.05) is 5.75 Å². The molecule has 28 heavy (non-hydrogen) atoms. The summed E-state index contributed by atoms with van der Waals surface area (Å²) in [6.07, 6.45) is 4.15. The highest BCUT2D eigenvalue weighted by molar-refractivity contribution is 7.99. The summed E-state index contributed by atoms with van der Waals surface area (Å²) in [5.41, 5.74) is 2.52. The lowest BCUT2D eigenvalue weighted by Crippen LogP contribution is -2.21. The number of para-hydroxylation sites is 1. The number of nitrogens with zero attached hydrogens (tertiary/aromatic N) is 2. The van der Waals surface area contributed by atoms with Crippen molar-refractivity contribution in [2.45, 2.75) is 5.16 Å². The number of fused-ring (bicyclic) bond motifs is 1. The molecular weight excluding hydrogens is 388 g/mol. The second-order valence-electron chi connectivity index (χ2n) is 6.15. The zero-order valence-corrected chi connectivity index (χ0v) is 16.5. The normalized spacial score (nSPS) is 11.3. The van der Waals surface area contributed by atoms with Crippen LogP contribution in [-0.2, 0) is 0 Å². The number of rotatable bonds is 5. The Morgan fingerprint density at radius 1 is 0.929 bits per heavy atom. The third-order valence-electron chi connectivity index (χ3n) is 4.25. The van der Waals surface area contributed by atoms with Crippen LogP contribution in [0.1, 0.15) is 5.56 Å². The second kappa shape index (κ2) is 8.46. The molecule has 0 unspecified atom stereocenters. The topological polar surface area (TPSA) is 34.9 Å². The standard InChI is InChI=1S/C23H17ClN2OS/c24-18-12-14-19(15-13-18)26-22(27)20-10-4-5-11-21(20)25-23(26)28-16-6-9-17-7-2-1-3-8-17/h1-15H,16H2/b9-6+. The van der Waals surface area contributed by atoms with Gasteiger partial charge in [-0.1, -0.05) is 78.0 Å². The van der Waals surface area contributed by atoms with Crippen LogP contribution in [0, 0.1) is 0 Å². The highest BCUT2D eigenvalue weighted by Gasteiger charge is 2.12. The van der Waals surface area contributed by atoms with Crippen molar-refractivity contribution in [2.24, 2.45) is 0 Å². The summed E-state index contributed by atoms with van der Waals surface area (Å²) >= 11 is 7.54. The molecule has 3 nitrogen and oxygen atoms in total. The fraction of sp³-hybridized carbons (Fsp3) is 0.0435. The summed E-state index contributed by atoms with van der Waals surface area (Å²) in [7, 11) is 0. The first-order valence-electron chi connectivity index (χ1n) is 8.84. The average molecular weight is 405 g/mol. The van der Waals surface area contributed by atoms with E-state index in [2.05, 4.69) is 24.3 Å². The predicted molar refractivity (Wildman–Crippen MR) is 119 cm³/mol. The summed E-state index contributed by atoms with van der Waals surface area (Å²) in [6, 6.07) is 24.8. The first-order valence-corrected chi connectivity index (χ1v) is 10.2. The van der Waals surface area contributed by atoms with Gasteiger partial charge in [-0.3, -0.25) is 9.36 Å². The highest BCUT2D eigenvalue weighted by Crippen LogP contribution is 2.22. The zero-order chi connectivity index (χ0) is 19.3. The average Bonchev–Trinajstić information content (AvgIpc) is 2.73. The van der Waals surface area contributed by atoms with Crippen LogP contribution >= 0.6 is 23.4 Å². The van der Waals surface area contributed by atoms with E-state index in [0.29, 0.717) is 26.8 Å². The van der Waals surface area contributed by atoms with Gasteiger partial charge in [0.05, 0.1) is 16.6 Å². The first-order chi connectivity index (χ1) is 13.7. The maximum absolute atomic E-state index is 13.1. The molecule has 4 aromatic rings. The Morgan fingerprint density at radius 3 is 2.43 bits per heavy atom. The van der Waals surface area contributed by atoms with E-state index in [1.54, 1.807) is 22.8 Å². The Labute approximate surface area is 172 Å². The highest BCUT2D eigenvalue weighted by atomic mass is 35.5. The van der Waals surface area contributed by atoms with E-state index in [-0.39, 0.29) is 5.56 Å². The van der Waals surface area contributed by atoms with E-state index in [9.17, 15) is 4.79 Å². The van der Waals surface area contributed by atoms with Gasteiger partial charge in [0.1, 0.15) is 0 Å². The molecule has 0 atom stereocenters. The summed E-state index contributed by atoms with van der Waals surface area (Å²) in [4.78, 5) is 17.9. The van der Waals surface area contributed by atoms with Crippen LogP contribution in [0.5, 0.6) is 0 Å². The van der Waals surface area contributed by atoms with Crippen molar-refractivity contribution in [3.8, 4) is 5.69 Å². The molecule has 0 fully saturated rings. The van der Waals surface area contributed by atoms with E-state index in [0.717, 1.165) is 11.3 Å². The Kier molecular flexibility index (Phi) is 5.60. The predicted octanol–water partition coefficient (Wildman–Crippen LogP) is 5.84. The SMILES string of the molecule is O=c1c2ccccc2nc(SC/C=C/c2ccccc2)n1-c1ccc(Cl)cc1. The van der Waals surface area contributed by atoms with Crippen molar-refractivity contribution in [3.05, 3.63) is 106 Å². The largest absolute Gasteiger partial charge is 0.268 e. The Hall–Kier alpha value is -2.82. The fourth-order valence-electron chi connectivity index (χ4n) is 2.90. The summed E-state index contributed by atoms with van der Waals surface area (Å²) < 4.78 is 1.65. The Morgan fingerprint density at radius 2 is 1.64 bits per heavy atom. The van der Waals surface area contributed by atoms with Crippen molar-refractivity contribution in [1.82, 2.24) is 9.55 Å².